The van der Waals surface area contributed by atoms with Gasteiger partial charge in [0.2, 0.25) is 0 Å². The lowest BCUT2D eigenvalue weighted by Crippen LogP contribution is -2.37. The number of carboxylic acid groups (broad SMARTS) is 1. The lowest BCUT2D eigenvalue weighted by atomic mass is 9.97. The van der Waals surface area contributed by atoms with Gasteiger partial charge in [-0.15, -0.1) is 0 Å². The Labute approximate surface area is 264 Å². The van der Waals surface area contributed by atoms with Gasteiger partial charge < -0.3 is 40.2 Å². The first-order chi connectivity index (χ1) is 21.2. The van der Waals surface area contributed by atoms with Crippen molar-refractivity contribution < 1.29 is 29.3 Å². The quantitative estimate of drug-likeness (QED) is 0.236. The first kappa shape index (κ1) is 31.3. The molecule has 230 valence electrons. The third-order valence-electron chi connectivity index (χ3n) is 7.42. The predicted molar refractivity (Wildman–Crippen MR) is 170 cm³/mol. The SMILES string of the molecule is CC(O)CN/C=C(\C=N)c1cc(Cl)c(C(=O)N2COc3c(cccc3-c3ccc(C(=O)O)c(N4CCOCC4)c3)C2)c(Cl)c1. The maximum Gasteiger partial charge on any atom is 0.337 e. The first-order valence-corrected chi connectivity index (χ1v) is 14.8. The molecule has 0 saturated carbocycles. The molecule has 2 heterocycles. The molecule has 0 bridgehead atoms. The number of benzene rings is 3. The number of nitrogens with zero attached hydrogens (tertiary/aromatic N) is 2. The molecule has 1 atom stereocenters. The Morgan fingerprint density at radius 1 is 1.11 bits per heavy atom. The number of aromatic carboxylic acids is 1. The molecule has 1 saturated heterocycles. The maximum absolute atomic E-state index is 13.6. The molecule has 1 unspecified atom stereocenters. The van der Waals surface area contributed by atoms with Gasteiger partial charge in [-0.3, -0.25) is 4.79 Å². The van der Waals surface area contributed by atoms with Gasteiger partial charge in [0.1, 0.15) is 5.75 Å². The molecule has 0 aliphatic carbocycles. The smallest absolute Gasteiger partial charge is 0.337 e. The van der Waals surface area contributed by atoms with Crippen LogP contribution in [0.1, 0.15) is 38.8 Å². The van der Waals surface area contributed by atoms with Crippen LogP contribution in [0, 0.1) is 5.41 Å². The van der Waals surface area contributed by atoms with Crippen molar-refractivity contribution in [3.63, 3.8) is 0 Å². The zero-order chi connectivity index (χ0) is 31.4. The number of aliphatic hydroxyl groups is 1. The lowest BCUT2D eigenvalue weighted by molar-refractivity contribution is 0.0516. The van der Waals surface area contributed by atoms with E-state index < -0.39 is 18.0 Å². The van der Waals surface area contributed by atoms with Crippen LogP contribution < -0.4 is 15.0 Å². The van der Waals surface area contributed by atoms with Crippen molar-refractivity contribution in [3.05, 3.63) is 87.0 Å². The minimum Gasteiger partial charge on any atom is -0.478 e. The molecule has 10 nitrogen and oxygen atoms in total. The highest BCUT2D eigenvalue weighted by Gasteiger charge is 2.29. The molecule has 2 aliphatic heterocycles. The van der Waals surface area contributed by atoms with E-state index in [0.29, 0.717) is 55.4 Å². The standard InChI is InChI=1S/C32H32Cl2N4O6/c1-19(39)15-36-16-23(14-35)22-11-26(33)29(27(34)12-22)31(40)38-17-21-3-2-4-24(30(21)44-18-38)20-5-6-25(32(41)42)28(13-20)37-7-9-43-10-8-37/h2-6,11-14,16,19,35-36,39H,7-10,15,17-18H2,1H3,(H,41,42)/b23-16+,35-14?. The highest BCUT2D eigenvalue weighted by atomic mass is 35.5. The maximum atomic E-state index is 13.6. The molecule has 12 heteroatoms. The van der Waals surface area contributed by atoms with Gasteiger partial charge in [-0.25, -0.2) is 4.79 Å². The normalized spacial score (nSPS) is 15.7. The van der Waals surface area contributed by atoms with Crippen LogP contribution in [0.2, 0.25) is 10.0 Å². The number of anilines is 1. The number of allylic oxidation sites excluding steroid dienone is 1. The number of carbonyl (C=O) groups is 2. The van der Waals surface area contributed by atoms with Gasteiger partial charge in [0, 0.05) is 48.7 Å². The number of aliphatic hydroxyl groups excluding tert-OH is 1. The fourth-order valence-corrected chi connectivity index (χ4v) is 5.88. The number of hydrogen-bond donors (Lipinski definition) is 4. The van der Waals surface area contributed by atoms with Crippen LogP contribution in [-0.2, 0) is 11.3 Å². The summed E-state index contributed by atoms with van der Waals surface area (Å²) in [5.74, 6) is -0.789. The van der Waals surface area contributed by atoms with Gasteiger partial charge in [-0.2, -0.15) is 0 Å². The van der Waals surface area contributed by atoms with Crippen LogP contribution in [0.25, 0.3) is 16.7 Å². The molecule has 3 aromatic carbocycles. The second-order valence-corrected chi connectivity index (χ2v) is 11.3. The van der Waals surface area contributed by atoms with E-state index in [0.717, 1.165) is 22.9 Å². The number of nitrogens with one attached hydrogen (secondary N) is 2. The number of halogens is 2. The Morgan fingerprint density at radius 3 is 2.50 bits per heavy atom. The van der Waals surface area contributed by atoms with Crippen molar-refractivity contribution >= 4 is 52.6 Å². The van der Waals surface area contributed by atoms with E-state index in [1.54, 1.807) is 37.4 Å². The number of hydrogen-bond acceptors (Lipinski definition) is 8. The van der Waals surface area contributed by atoms with E-state index in [9.17, 15) is 19.8 Å². The van der Waals surface area contributed by atoms with E-state index in [-0.39, 0.29) is 34.4 Å². The van der Waals surface area contributed by atoms with Gasteiger partial charge in [0.05, 0.1) is 52.7 Å². The number of amides is 1. The van der Waals surface area contributed by atoms with Crippen molar-refractivity contribution in [1.82, 2.24) is 10.2 Å². The molecule has 2 aliphatic rings. The molecule has 0 spiro atoms. The molecule has 1 amide bonds. The second kappa shape index (κ2) is 13.7. The molecule has 0 radical (unpaired) electrons. The van der Waals surface area contributed by atoms with Crippen LogP contribution >= 0.6 is 23.2 Å². The van der Waals surface area contributed by atoms with Gasteiger partial charge in [-0.05, 0) is 42.3 Å². The van der Waals surface area contributed by atoms with Crippen LogP contribution in [0.15, 0.2) is 54.7 Å². The molecular formula is C32H32Cl2N4O6. The van der Waals surface area contributed by atoms with E-state index in [4.69, 9.17) is 38.1 Å². The zero-order valence-corrected chi connectivity index (χ0v) is 25.5. The molecule has 44 heavy (non-hydrogen) atoms. The number of carboxylic acids is 1. The van der Waals surface area contributed by atoms with Crippen molar-refractivity contribution in [2.24, 2.45) is 0 Å². The zero-order valence-electron chi connectivity index (χ0n) is 24.0. The van der Waals surface area contributed by atoms with Crippen LogP contribution in [-0.4, -0.2) is 78.9 Å². The van der Waals surface area contributed by atoms with Gasteiger partial charge in [-0.1, -0.05) is 47.5 Å². The molecule has 5 rings (SSSR count). The molecule has 0 aromatic heterocycles. The number of morpholine rings is 1. The third-order valence-corrected chi connectivity index (χ3v) is 8.01. The Morgan fingerprint density at radius 2 is 1.84 bits per heavy atom. The number of fused-ring (bicyclic) bond motifs is 1. The number of rotatable bonds is 9. The minimum atomic E-state index is -0.998. The van der Waals surface area contributed by atoms with Crippen LogP contribution in [0.3, 0.4) is 0 Å². The van der Waals surface area contributed by atoms with E-state index >= 15 is 0 Å². The van der Waals surface area contributed by atoms with Crippen molar-refractivity contribution in [3.8, 4) is 16.9 Å². The summed E-state index contributed by atoms with van der Waals surface area (Å²) in [4.78, 5) is 29.1. The number of para-hydroxylation sites is 1. The molecule has 3 aromatic rings. The summed E-state index contributed by atoms with van der Waals surface area (Å²) in [6.45, 7) is 4.37. The largest absolute Gasteiger partial charge is 0.478 e. The topological polar surface area (TPSA) is 135 Å². The van der Waals surface area contributed by atoms with E-state index in [1.165, 1.54) is 4.90 Å². The summed E-state index contributed by atoms with van der Waals surface area (Å²) in [5.41, 5.74) is 4.35. The fraction of sp³-hybridized carbons (Fsp3) is 0.281. The minimum absolute atomic E-state index is 0.0459. The molecule has 4 N–H and O–H groups in total. The van der Waals surface area contributed by atoms with Gasteiger partial charge in [0.25, 0.3) is 5.91 Å². The van der Waals surface area contributed by atoms with E-state index in [2.05, 4.69) is 5.32 Å². The summed E-state index contributed by atoms with van der Waals surface area (Å²) in [5, 5.41) is 30.2. The highest BCUT2D eigenvalue weighted by molar-refractivity contribution is 6.40. The summed E-state index contributed by atoms with van der Waals surface area (Å²) in [6, 6.07) is 14.0. The van der Waals surface area contributed by atoms with Crippen LogP contribution in [0.5, 0.6) is 5.75 Å². The molecule has 1 fully saturated rings. The Hall–Kier alpha value is -4.09. The Balaban J connectivity index is 1.40. The fourth-order valence-electron chi connectivity index (χ4n) is 5.23. The highest BCUT2D eigenvalue weighted by Crippen LogP contribution is 2.39. The van der Waals surface area contributed by atoms with E-state index in [1.807, 2.05) is 29.2 Å². The predicted octanol–water partition coefficient (Wildman–Crippen LogP) is 5.15. The number of carbonyl (C=O) groups excluding carboxylic acids is 1. The monoisotopic (exact) mass is 638 g/mol. The van der Waals surface area contributed by atoms with Crippen LogP contribution in [0.4, 0.5) is 5.69 Å². The van der Waals surface area contributed by atoms with Crippen molar-refractivity contribution in [1.29, 1.82) is 5.41 Å². The average Bonchev–Trinajstić information content (AvgIpc) is 3.02. The summed E-state index contributed by atoms with van der Waals surface area (Å²) < 4.78 is 11.6. The van der Waals surface area contributed by atoms with Crippen molar-refractivity contribution in [2.75, 3.05) is 44.5 Å². The third kappa shape index (κ3) is 6.68. The van der Waals surface area contributed by atoms with Gasteiger partial charge in [0.15, 0.2) is 6.73 Å². The second-order valence-electron chi connectivity index (χ2n) is 10.5. The Bertz CT molecular complexity index is 1600. The Kier molecular flexibility index (Phi) is 9.75. The average molecular weight is 640 g/mol. The van der Waals surface area contributed by atoms with Gasteiger partial charge >= 0.3 is 5.97 Å². The lowest BCUT2D eigenvalue weighted by Gasteiger charge is -2.32. The van der Waals surface area contributed by atoms with Crippen molar-refractivity contribution in [2.45, 2.75) is 19.6 Å². The first-order valence-electron chi connectivity index (χ1n) is 14.0. The summed E-state index contributed by atoms with van der Waals surface area (Å²) in [7, 11) is 0. The summed E-state index contributed by atoms with van der Waals surface area (Å²) in [6.07, 6.45) is 2.14. The summed E-state index contributed by atoms with van der Waals surface area (Å²) >= 11 is 13.1. The number of ether oxygens (including phenoxy) is 2. The molecular weight excluding hydrogens is 607 g/mol.